The topological polar surface area (TPSA) is 51.2 Å². The van der Waals surface area contributed by atoms with E-state index in [4.69, 9.17) is 14.2 Å². The van der Waals surface area contributed by atoms with Gasteiger partial charge in [0.05, 0.1) is 26.4 Å². The van der Waals surface area contributed by atoms with E-state index >= 15 is 0 Å². The van der Waals surface area contributed by atoms with E-state index in [2.05, 4.69) is 24.8 Å². The molecule has 146 valence electrons. The fourth-order valence-corrected chi connectivity index (χ4v) is 4.10. The number of hydrogen-bond acceptors (Lipinski definition) is 5. The second-order valence-corrected chi connectivity index (χ2v) is 8.83. The molecule has 1 N–H and O–H groups in total. The van der Waals surface area contributed by atoms with E-state index in [1.54, 1.807) is 7.11 Å². The summed E-state index contributed by atoms with van der Waals surface area (Å²) in [6.07, 6.45) is 1.68. The van der Waals surface area contributed by atoms with Crippen LogP contribution in [0.25, 0.3) is 0 Å². The largest absolute Gasteiger partial charge is 0.496 e. The van der Waals surface area contributed by atoms with E-state index in [0.29, 0.717) is 19.6 Å². The van der Waals surface area contributed by atoms with Gasteiger partial charge in [0.1, 0.15) is 5.75 Å². The molecule has 1 aliphatic carbocycles. The van der Waals surface area contributed by atoms with Crippen molar-refractivity contribution in [2.24, 2.45) is 5.41 Å². The van der Waals surface area contributed by atoms with Crippen LogP contribution in [0.15, 0.2) is 18.2 Å². The second kappa shape index (κ2) is 7.47. The summed E-state index contributed by atoms with van der Waals surface area (Å²) in [5.41, 5.74) is 2.38. The average Bonchev–Trinajstić information content (AvgIpc) is 2.58. The van der Waals surface area contributed by atoms with E-state index in [-0.39, 0.29) is 11.3 Å². The van der Waals surface area contributed by atoms with Crippen molar-refractivity contribution in [3.63, 3.8) is 0 Å². The summed E-state index contributed by atoms with van der Waals surface area (Å²) in [6.45, 7) is 6.43. The molecule has 1 saturated carbocycles. The van der Waals surface area contributed by atoms with Gasteiger partial charge in [-0.3, -0.25) is 0 Å². The van der Waals surface area contributed by atoms with Gasteiger partial charge in [0, 0.05) is 36.3 Å². The SMILES string of the molecule is COc1cccc(C2CCC3(CC2O)OCC(C)(C)CO3)c1CN(C)C. The molecule has 2 fully saturated rings. The fourth-order valence-electron chi connectivity index (χ4n) is 4.10. The quantitative estimate of drug-likeness (QED) is 0.891. The number of hydrogen-bond donors (Lipinski definition) is 1. The van der Waals surface area contributed by atoms with E-state index in [9.17, 15) is 5.11 Å². The Labute approximate surface area is 157 Å². The van der Waals surface area contributed by atoms with Crippen LogP contribution < -0.4 is 4.74 Å². The molecule has 5 nitrogen and oxygen atoms in total. The molecule has 1 aromatic rings. The summed E-state index contributed by atoms with van der Waals surface area (Å²) in [5, 5.41) is 11.0. The van der Waals surface area contributed by atoms with Crippen molar-refractivity contribution in [1.29, 1.82) is 0 Å². The maximum atomic E-state index is 11.0. The Morgan fingerprint density at radius 2 is 1.92 bits per heavy atom. The molecule has 0 radical (unpaired) electrons. The van der Waals surface area contributed by atoms with Gasteiger partial charge >= 0.3 is 0 Å². The van der Waals surface area contributed by atoms with Gasteiger partial charge in [-0.05, 0) is 32.1 Å². The maximum absolute atomic E-state index is 11.0. The Morgan fingerprint density at radius 3 is 2.50 bits per heavy atom. The van der Waals surface area contributed by atoms with E-state index in [1.807, 2.05) is 26.2 Å². The van der Waals surface area contributed by atoms with Crippen molar-refractivity contribution < 1.29 is 19.3 Å². The second-order valence-electron chi connectivity index (χ2n) is 8.83. The first-order valence-corrected chi connectivity index (χ1v) is 9.52. The summed E-state index contributed by atoms with van der Waals surface area (Å²) in [4.78, 5) is 2.13. The van der Waals surface area contributed by atoms with Crippen LogP contribution in [0.1, 0.15) is 50.2 Å². The van der Waals surface area contributed by atoms with E-state index < -0.39 is 11.9 Å². The summed E-state index contributed by atoms with van der Waals surface area (Å²) in [7, 11) is 5.80. The van der Waals surface area contributed by atoms with Crippen LogP contribution in [0.3, 0.4) is 0 Å². The monoisotopic (exact) mass is 363 g/mol. The minimum atomic E-state index is -0.619. The predicted octanol–water partition coefficient (Wildman–Crippen LogP) is 3.15. The highest BCUT2D eigenvalue weighted by molar-refractivity contribution is 5.43. The van der Waals surface area contributed by atoms with E-state index in [0.717, 1.165) is 30.7 Å². The van der Waals surface area contributed by atoms with Crippen LogP contribution in [0.4, 0.5) is 0 Å². The first-order valence-electron chi connectivity index (χ1n) is 9.52. The van der Waals surface area contributed by atoms with Gasteiger partial charge in [-0.2, -0.15) is 0 Å². The predicted molar refractivity (Wildman–Crippen MR) is 101 cm³/mol. The highest BCUT2D eigenvalue weighted by atomic mass is 16.7. The molecule has 5 heteroatoms. The summed E-state index contributed by atoms with van der Waals surface area (Å²) in [6, 6.07) is 6.13. The number of nitrogens with zero attached hydrogens (tertiary/aromatic N) is 1. The number of rotatable bonds is 4. The smallest absolute Gasteiger partial charge is 0.170 e. The lowest BCUT2D eigenvalue weighted by Gasteiger charge is -2.48. The number of aliphatic hydroxyl groups is 1. The van der Waals surface area contributed by atoms with Crippen LogP contribution >= 0.6 is 0 Å². The van der Waals surface area contributed by atoms with Gasteiger partial charge in [-0.25, -0.2) is 0 Å². The first-order chi connectivity index (χ1) is 12.3. The Kier molecular flexibility index (Phi) is 5.63. The zero-order chi connectivity index (χ0) is 18.9. The molecule has 1 aliphatic heterocycles. The van der Waals surface area contributed by atoms with Crippen molar-refractivity contribution in [3.05, 3.63) is 29.3 Å². The van der Waals surface area contributed by atoms with Gasteiger partial charge in [0.25, 0.3) is 0 Å². The fraction of sp³-hybridized carbons (Fsp3) is 0.714. The number of methoxy groups -OCH3 is 1. The maximum Gasteiger partial charge on any atom is 0.170 e. The molecule has 0 bridgehead atoms. The minimum absolute atomic E-state index is 0.0404. The molecule has 0 aromatic heterocycles. The van der Waals surface area contributed by atoms with Crippen molar-refractivity contribution in [1.82, 2.24) is 4.90 Å². The third kappa shape index (κ3) is 4.06. The highest BCUT2D eigenvalue weighted by Gasteiger charge is 2.47. The molecule has 2 atom stereocenters. The first kappa shape index (κ1) is 19.6. The molecule has 2 aliphatic rings. The van der Waals surface area contributed by atoms with Crippen LogP contribution in [-0.4, -0.2) is 56.3 Å². The van der Waals surface area contributed by atoms with E-state index in [1.165, 1.54) is 5.56 Å². The van der Waals surface area contributed by atoms with Crippen molar-refractivity contribution >= 4 is 0 Å². The zero-order valence-electron chi connectivity index (χ0n) is 16.7. The van der Waals surface area contributed by atoms with Crippen LogP contribution in [0.2, 0.25) is 0 Å². The average molecular weight is 363 g/mol. The number of benzene rings is 1. The van der Waals surface area contributed by atoms with Crippen LogP contribution in [0, 0.1) is 5.41 Å². The van der Waals surface area contributed by atoms with Crippen molar-refractivity contribution in [2.75, 3.05) is 34.4 Å². The minimum Gasteiger partial charge on any atom is -0.496 e. The molecule has 1 heterocycles. The molecular formula is C21H33NO4. The summed E-state index contributed by atoms with van der Waals surface area (Å²) < 4.78 is 17.8. The Balaban J connectivity index is 1.80. The Morgan fingerprint density at radius 1 is 1.23 bits per heavy atom. The number of aliphatic hydroxyl groups excluding tert-OH is 1. The molecule has 26 heavy (non-hydrogen) atoms. The van der Waals surface area contributed by atoms with Crippen molar-refractivity contribution in [2.45, 2.75) is 57.5 Å². The van der Waals surface area contributed by atoms with Gasteiger partial charge in [-0.1, -0.05) is 26.0 Å². The molecule has 1 aromatic carbocycles. The van der Waals surface area contributed by atoms with Gasteiger partial charge in [0.15, 0.2) is 5.79 Å². The zero-order valence-corrected chi connectivity index (χ0v) is 16.7. The Bertz CT molecular complexity index is 618. The molecule has 1 spiro atoms. The molecule has 2 unspecified atom stereocenters. The molecule has 1 saturated heterocycles. The summed E-state index contributed by atoms with van der Waals surface area (Å²) in [5.74, 6) is 0.342. The van der Waals surface area contributed by atoms with Crippen LogP contribution in [0.5, 0.6) is 5.75 Å². The van der Waals surface area contributed by atoms with Gasteiger partial charge < -0.3 is 24.2 Å². The van der Waals surface area contributed by atoms with Crippen LogP contribution in [-0.2, 0) is 16.0 Å². The Hall–Kier alpha value is -1.14. The number of ether oxygens (including phenoxy) is 3. The lowest BCUT2D eigenvalue weighted by atomic mass is 9.76. The third-order valence-corrected chi connectivity index (χ3v) is 5.54. The summed E-state index contributed by atoms with van der Waals surface area (Å²) >= 11 is 0. The molecular weight excluding hydrogens is 330 g/mol. The molecule has 0 amide bonds. The lowest BCUT2D eigenvalue weighted by Crippen LogP contribution is -2.52. The third-order valence-electron chi connectivity index (χ3n) is 5.54. The highest BCUT2D eigenvalue weighted by Crippen LogP contribution is 2.45. The van der Waals surface area contributed by atoms with Gasteiger partial charge in [-0.15, -0.1) is 0 Å². The van der Waals surface area contributed by atoms with Crippen molar-refractivity contribution in [3.8, 4) is 5.75 Å². The lowest BCUT2D eigenvalue weighted by molar-refractivity contribution is -0.319. The molecule has 3 rings (SSSR count). The standard InChI is InChI=1S/C21H33NO4/c1-20(2)13-25-21(26-14-20)10-9-16(18(23)11-21)15-7-6-8-19(24-5)17(15)12-22(3)4/h6-8,16,18,23H,9-14H2,1-5H3. The van der Waals surface area contributed by atoms with Gasteiger partial charge in [0.2, 0.25) is 0 Å². The normalized spacial score (nSPS) is 27.7.